The van der Waals surface area contributed by atoms with Crippen LogP contribution in [-0.2, 0) is 13.0 Å². The number of aromatic nitrogens is 1. The zero-order chi connectivity index (χ0) is 13.8. The molecule has 0 fully saturated rings. The zero-order valence-electron chi connectivity index (χ0n) is 11.0. The number of fused-ring (bicyclic) bond motifs is 1. The predicted octanol–water partition coefficient (Wildman–Crippen LogP) is 2.94. The van der Waals surface area contributed by atoms with E-state index in [1.54, 1.807) is 0 Å². The van der Waals surface area contributed by atoms with Crippen molar-refractivity contribution in [1.82, 2.24) is 5.16 Å². The van der Waals surface area contributed by atoms with E-state index in [-0.39, 0.29) is 6.61 Å². The second-order valence-corrected chi connectivity index (χ2v) is 4.54. The summed E-state index contributed by atoms with van der Waals surface area (Å²) in [4.78, 5) is 0. The Labute approximate surface area is 116 Å². The molecule has 3 aromatic rings. The molecule has 0 unspecified atom stereocenters. The Hall–Kier alpha value is -2.33. The monoisotopic (exact) mass is 269 g/mol. The molecular formula is C16H15NO3. The molecule has 102 valence electrons. The summed E-state index contributed by atoms with van der Waals surface area (Å²) in [6, 6.07) is 15.6. The van der Waals surface area contributed by atoms with E-state index < -0.39 is 0 Å². The SMILES string of the molecule is OCCc1noc2cc(OCc3ccccc3)ccc12. The molecule has 4 heteroatoms. The zero-order valence-corrected chi connectivity index (χ0v) is 11.0. The summed E-state index contributed by atoms with van der Waals surface area (Å²) in [5.74, 6) is 0.744. The fourth-order valence-corrected chi connectivity index (χ4v) is 2.09. The predicted molar refractivity (Wildman–Crippen MR) is 75.6 cm³/mol. The summed E-state index contributed by atoms with van der Waals surface area (Å²) in [5.41, 5.74) is 2.57. The maximum absolute atomic E-state index is 8.96. The Balaban J connectivity index is 1.76. The summed E-state index contributed by atoms with van der Waals surface area (Å²) in [5, 5.41) is 13.8. The number of aliphatic hydroxyl groups excluding tert-OH is 1. The highest BCUT2D eigenvalue weighted by atomic mass is 16.5. The number of hydrogen-bond acceptors (Lipinski definition) is 4. The van der Waals surface area contributed by atoms with Crippen molar-refractivity contribution in [1.29, 1.82) is 0 Å². The van der Waals surface area contributed by atoms with Crippen LogP contribution in [0, 0.1) is 0 Å². The van der Waals surface area contributed by atoms with Crippen molar-refractivity contribution >= 4 is 11.0 Å². The molecule has 0 atom stereocenters. The highest BCUT2D eigenvalue weighted by Gasteiger charge is 2.08. The Morgan fingerprint density at radius 1 is 1.10 bits per heavy atom. The molecule has 0 aliphatic heterocycles. The second-order valence-electron chi connectivity index (χ2n) is 4.54. The van der Waals surface area contributed by atoms with Crippen LogP contribution >= 0.6 is 0 Å². The molecule has 0 saturated carbocycles. The van der Waals surface area contributed by atoms with Gasteiger partial charge in [-0.05, 0) is 17.7 Å². The van der Waals surface area contributed by atoms with Gasteiger partial charge in [-0.15, -0.1) is 0 Å². The molecule has 2 aromatic carbocycles. The van der Waals surface area contributed by atoms with E-state index in [4.69, 9.17) is 14.4 Å². The van der Waals surface area contributed by atoms with Crippen molar-refractivity contribution in [2.75, 3.05) is 6.61 Å². The van der Waals surface area contributed by atoms with Crippen LogP contribution in [0.3, 0.4) is 0 Å². The molecule has 0 amide bonds. The van der Waals surface area contributed by atoms with Gasteiger partial charge in [-0.1, -0.05) is 35.5 Å². The fourth-order valence-electron chi connectivity index (χ4n) is 2.09. The first kappa shape index (κ1) is 12.7. The van der Waals surface area contributed by atoms with Gasteiger partial charge < -0.3 is 14.4 Å². The lowest BCUT2D eigenvalue weighted by molar-refractivity contribution is 0.295. The molecule has 0 bridgehead atoms. The van der Waals surface area contributed by atoms with E-state index in [9.17, 15) is 0 Å². The lowest BCUT2D eigenvalue weighted by Crippen LogP contribution is -1.94. The molecule has 1 heterocycles. The highest BCUT2D eigenvalue weighted by molar-refractivity contribution is 5.80. The Kier molecular flexibility index (Phi) is 3.65. The lowest BCUT2D eigenvalue weighted by atomic mass is 10.2. The third-order valence-corrected chi connectivity index (χ3v) is 3.12. The van der Waals surface area contributed by atoms with Crippen LogP contribution in [0.5, 0.6) is 5.75 Å². The van der Waals surface area contributed by atoms with Crippen LogP contribution in [-0.4, -0.2) is 16.9 Å². The Bertz CT molecular complexity index is 691. The van der Waals surface area contributed by atoms with Gasteiger partial charge in [-0.3, -0.25) is 0 Å². The Morgan fingerprint density at radius 3 is 2.75 bits per heavy atom. The number of rotatable bonds is 5. The molecule has 0 spiro atoms. The lowest BCUT2D eigenvalue weighted by Gasteiger charge is -2.05. The van der Waals surface area contributed by atoms with Crippen molar-refractivity contribution in [3.05, 3.63) is 59.8 Å². The first-order valence-corrected chi connectivity index (χ1v) is 6.53. The van der Waals surface area contributed by atoms with Crippen molar-refractivity contribution in [2.24, 2.45) is 0 Å². The van der Waals surface area contributed by atoms with Crippen LogP contribution < -0.4 is 4.74 Å². The van der Waals surface area contributed by atoms with Crippen molar-refractivity contribution in [3.8, 4) is 5.75 Å². The summed E-state index contributed by atoms with van der Waals surface area (Å²) in [6.07, 6.45) is 0.497. The minimum atomic E-state index is 0.0634. The molecule has 20 heavy (non-hydrogen) atoms. The third-order valence-electron chi connectivity index (χ3n) is 3.12. The topological polar surface area (TPSA) is 55.5 Å². The molecule has 3 rings (SSSR count). The number of ether oxygens (including phenoxy) is 1. The van der Waals surface area contributed by atoms with Gasteiger partial charge in [-0.2, -0.15) is 0 Å². The van der Waals surface area contributed by atoms with Gasteiger partial charge in [0.25, 0.3) is 0 Å². The second kappa shape index (κ2) is 5.75. The van der Waals surface area contributed by atoms with Crippen LogP contribution in [0.15, 0.2) is 53.1 Å². The average Bonchev–Trinajstić information content (AvgIpc) is 2.89. The first-order valence-electron chi connectivity index (χ1n) is 6.53. The smallest absolute Gasteiger partial charge is 0.170 e. The van der Waals surface area contributed by atoms with Gasteiger partial charge in [0.15, 0.2) is 5.58 Å². The molecular weight excluding hydrogens is 254 g/mol. The third kappa shape index (κ3) is 2.65. The molecule has 0 radical (unpaired) electrons. The van der Waals surface area contributed by atoms with Gasteiger partial charge in [-0.25, -0.2) is 0 Å². The molecule has 1 N–H and O–H groups in total. The molecule has 0 aliphatic rings. The van der Waals surface area contributed by atoms with Gasteiger partial charge in [0.1, 0.15) is 12.4 Å². The number of benzene rings is 2. The van der Waals surface area contributed by atoms with E-state index in [1.165, 1.54) is 0 Å². The number of aliphatic hydroxyl groups is 1. The minimum Gasteiger partial charge on any atom is -0.489 e. The van der Waals surface area contributed by atoms with E-state index in [0.29, 0.717) is 18.6 Å². The maximum atomic E-state index is 8.96. The van der Waals surface area contributed by atoms with Gasteiger partial charge >= 0.3 is 0 Å². The summed E-state index contributed by atoms with van der Waals surface area (Å²) in [6.45, 7) is 0.581. The van der Waals surface area contributed by atoms with Crippen molar-refractivity contribution < 1.29 is 14.4 Å². The number of hydrogen-bond donors (Lipinski definition) is 1. The molecule has 1 aromatic heterocycles. The standard InChI is InChI=1S/C16H15NO3/c18-9-8-15-14-7-6-13(10-16(14)20-17-15)19-11-12-4-2-1-3-5-12/h1-7,10,18H,8-9,11H2. The van der Waals surface area contributed by atoms with Crippen LogP contribution in [0.25, 0.3) is 11.0 Å². The maximum Gasteiger partial charge on any atom is 0.170 e. The molecule has 0 saturated heterocycles. The summed E-state index contributed by atoms with van der Waals surface area (Å²) in [7, 11) is 0. The average molecular weight is 269 g/mol. The van der Waals surface area contributed by atoms with E-state index in [1.807, 2.05) is 48.5 Å². The van der Waals surface area contributed by atoms with Gasteiger partial charge in [0.05, 0.1) is 5.69 Å². The van der Waals surface area contributed by atoms with Gasteiger partial charge in [0, 0.05) is 24.5 Å². The molecule has 0 aliphatic carbocycles. The largest absolute Gasteiger partial charge is 0.489 e. The fraction of sp³-hybridized carbons (Fsp3) is 0.188. The van der Waals surface area contributed by atoms with E-state index >= 15 is 0 Å². The van der Waals surface area contributed by atoms with Crippen LogP contribution in [0.4, 0.5) is 0 Å². The summed E-state index contributed by atoms with van der Waals surface area (Å²) < 4.78 is 11.0. The van der Waals surface area contributed by atoms with Crippen LogP contribution in [0.1, 0.15) is 11.3 Å². The minimum absolute atomic E-state index is 0.0634. The number of nitrogens with zero attached hydrogens (tertiary/aromatic N) is 1. The molecule has 4 nitrogen and oxygen atoms in total. The van der Waals surface area contributed by atoms with E-state index in [0.717, 1.165) is 22.4 Å². The van der Waals surface area contributed by atoms with Gasteiger partial charge in [0.2, 0.25) is 0 Å². The Morgan fingerprint density at radius 2 is 1.95 bits per heavy atom. The van der Waals surface area contributed by atoms with Crippen molar-refractivity contribution in [2.45, 2.75) is 13.0 Å². The first-order chi connectivity index (χ1) is 9.86. The van der Waals surface area contributed by atoms with Crippen LogP contribution in [0.2, 0.25) is 0 Å². The summed E-state index contributed by atoms with van der Waals surface area (Å²) >= 11 is 0. The van der Waals surface area contributed by atoms with Crippen molar-refractivity contribution in [3.63, 3.8) is 0 Å². The highest BCUT2D eigenvalue weighted by Crippen LogP contribution is 2.24. The van der Waals surface area contributed by atoms with E-state index in [2.05, 4.69) is 5.16 Å². The normalized spacial score (nSPS) is 10.8. The quantitative estimate of drug-likeness (QED) is 0.773.